The van der Waals surface area contributed by atoms with Gasteiger partial charge in [0.2, 0.25) is 5.65 Å². The highest BCUT2D eigenvalue weighted by molar-refractivity contribution is 5.50. The van der Waals surface area contributed by atoms with Crippen molar-refractivity contribution in [3.05, 3.63) is 76.5 Å². The normalized spacial score (nSPS) is 12.1. The summed E-state index contributed by atoms with van der Waals surface area (Å²) in [7, 11) is 3.51. The third-order valence-corrected chi connectivity index (χ3v) is 4.39. The lowest BCUT2D eigenvalue weighted by Gasteiger charge is -2.19. The molecule has 0 saturated carbocycles. The Hall–Kier alpha value is -3.95. The smallest absolute Gasteiger partial charge is 0.368 e. The number of methoxy groups -OCH3 is 1. The predicted molar refractivity (Wildman–Crippen MR) is 101 cm³/mol. The summed E-state index contributed by atoms with van der Waals surface area (Å²) in [5.41, 5.74) is 1.34. The molecule has 0 aliphatic carbocycles. The van der Waals surface area contributed by atoms with Crippen molar-refractivity contribution in [3.63, 3.8) is 0 Å². The van der Waals surface area contributed by atoms with Crippen LogP contribution in [0, 0.1) is 10.1 Å². The van der Waals surface area contributed by atoms with E-state index in [0.717, 1.165) is 17.1 Å². The zero-order chi connectivity index (χ0) is 19.7. The maximum absolute atomic E-state index is 11.2. The SMILES string of the molecule is COc1ccc(C(Nc2ccc3ncc([N+](=O)[O-])n3n2)c2nccn2C)cc1. The Bertz CT molecular complexity index is 1130. The van der Waals surface area contributed by atoms with Crippen molar-refractivity contribution in [1.29, 1.82) is 0 Å². The van der Waals surface area contributed by atoms with Gasteiger partial charge in [-0.15, -0.1) is 0 Å². The molecule has 0 amide bonds. The number of rotatable bonds is 6. The van der Waals surface area contributed by atoms with Crippen molar-refractivity contribution >= 4 is 17.3 Å². The van der Waals surface area contributed by atoms with E-state index in [0.29, 0.717) is 11.5 Å². The Morgan fingerprint density at radius 2 is 1.96 bits per heavy atom. The lowest BCUT2D eigenvalue weighted by molar-refractivity contribution is -0.391. The molecule has 0 fully saturated rings. The minimum atomic E-state index is -0.517. The number of nitrogens with one attached hydrogen (secondary N) is 1. The number of hydrogen-bond donors (Lipinski definition) is 1. The average Bonchev–Trinajstić information content (AvgIpc) is 3.32. The van der Waals surface area contributed by atoms with Gasteiger partial charge in [-0.25, -0.2) is 9.97 Å². The Kier molecular flexibility index (Phi) is 4.36. The van der Waals surface area contributed by atoms with Gasteiger partial charge in [0.25, 0.3) is 0 Å². The van der Waals surface area contributed by atoms with Gasteiger partial charge in [-0.3, -0.25) is 0 Å². The first-order chi connectivity index (χ1) is 13.6. The van der Waals surface area contributed by atoms with Crippen LogP contribution in [0.4, 0.5) is 11.6 Å². The predicted octanol–water partition coefficient (Wildman–Crippen LogP) is 2.58. The minimum Gasteiger partial charge on any atom is -0.497 e. The Labute approximate surface area is 159 Å². The van der Waals surface area contributed by atoms with Crippen molar-refractivity contribution in [2.75, 3.05) is 12.4 Å². The number of fused-ring (bicyclic) bond motifs is 1. The molecule has 10 nitrogen and oxygen atoms in total. The highest BCUT2D eigenvalue weighted by Crippen LogP contribution is 2.27. The summed E-state index contributed by atoms with van der Waals surface area (Å²) in [5.74, 6) is 1.78. The zero-order valence-corrected chi connectivity index (χ0v) is 15.2. The van der Waals surface area contributed by atoms with Crippen LogP contribution in [-0.2, 0) is 7.05 Å². The van der Waals surface area contributed by atoms with Gasteiger partial charge < -0.3 is 24.7 Å². The van der Waals surface area contributed by atoms with Gasteiger partial charge in [0.15, 0.2) is 5.82 Å². The van der Waals surface area contributed by atoms with Crippen LogP contribution in [0.2, 0.25) is 0 Å². The molecule has 142 valence electrons. The third-order valence-electron chi connectivity index (χ3n) is 4.39. The van der Waals surface area contributed by atoms with Crippen LogP contribution in [0.25, 0.3) is 5.65 Å². The van der Waals surface area contributed by atoms with Crippen molar-refractivity contribution in [3.8, 4) is 5.75 Å². The van der Waals surface area contributed by atoms with Gasteiger partial charge in [-0.1, -0.05) is 21.7 Å². The Morgan fingerprint density at radius 3 is 2.61 bits per heavy atom. The van der Waals surface area contributed by atoms with E-state index in [-0.39, 0.29) is 11.9 Å². The standard InChI is InChI=1S/C18H17N7O3/c1-23-10-9-19-18(23)17(12-3-5-13(28-2)6-4-12)21-14-7-8-15-20-11-16(25(26)27)24(15)22-14/h3-11,17H,1-2H3,(H,21,22). The highest BCUT2D eigenvalue weighted by atomic mass is 16.6. The zero-order valence-electron chi connectivity index (χ0n) is 15.2. The number of ether oxygens (including phenoxy) is 1. The highest BCUT2D eigenvalue weighted by Gasteiger charge is 2.21. The molecule has 0 bridgehead atoms. The van der Waals surface area contributed by atoms with Gasteiger partial charge in [0, 0.05) is 25.5 Å². The van der Waals surface area contributed by atoms with Crippen LogP contribution < -0.4 is 10.1 Å². The van der Waals surface area contributed by atoms with Crippen LogP contribution in [-0.4, -0.2) is 36.2 Å². The molecule has 0 aliphatic heterocycles. The van der Waals surface area contributed by atoms with Gasteiger partial charge in [-0.05, 0) is 28.7 Å². The van der Waals surface area contributed by atoms with Crippen LogP contribution in [0.1, 0.15) is 17.4 Å². The summed E-state index contributed by atoms with van der Waals surface area (Å²) in [4.78, 5) is 19.1. The maximum atomic E-state index is 11.2. The van der Waals surface area contributed by atoms with Crippen LogP contribution in [0.5, 0.6) is 5.75 Å². The molecule has 1 atom stereocenters. The number of benzene rings is 1. The van der Waals surface area contributed by atoms with Crippen molar-refractivity contribution in [1.82, 2.24) is 24.1 Å². The van der Waals surface area contributed by atoms with Crippen molar-refractivity contribution < 1.29 is 9.66 Å². The number of aryl methyl sites for hydroxylation is 1. The first-order valence-corrected chi connectivity index (χ1v) is 8.43. The molecule has 0 spiro atoms. The topological polar surface area (TPSA) is 112 Å². The average molecular weight is 379 g/mol. The van der Waals surface area contributed by atoms with E-state index >= 15 is 0 Å². The van der Waals surface area contributed by atoms with Crippen LogP contribution in [0.15, 0.2) is 55.0 Å². The number of anilines is 1. The second-order valence-corrected chi connectivity index (χ2v) is 6.11. The lowest BCUT2D eigenvalue weighted by atomic mass is 10.1. The monoisotopic (exact) mass is 379 g/mol. The first kappa shape index (κ1) is 17.5. The third kappa shape index (κ3) is 3.11. The van der Waals surface area contributed by atoms with Gasteiger partial charge in [0.1, 0.15) is 23.8 Å². The molecule has 4 rings (SSSR count). The van der Waals surface area contributed by atoms with Crippen molar-refractivity contribution in [2.45, 2.75) is 6.04 Å². The summed E-state index contributed by atoms with van der Waals surface area (Å²) >= 11 is 0. The van der Waals surface area contributed by atoms with E-state index in [4.69, 9.17) is 4.74 Å². The molecule has 0 aliphatic rings. The van der Waals surface area contributed by atoms with E-state index in [1.165, 1.54) is 10.7 Å². The fourth-order valence-corrected chi connectivity index (χ4v) is 2.96. The van der Waals surface area contributed by atoms with Gasteiger partial charge in [-0.2, -0.15) is 0 Å². The summed E-state index contributed by atoms with van der Waals surface area (Å²) in [6.45, 7) is 0. The van der Waals surface area contributed by atoms with E-state index in [2.05, 4.69) is 20.4 Å². The molecule has 0 radical (unpaired) electrons. The molecule has 10 heteroatoms. The number of imidazole rings is 2. The van der Waals surface area contributed by atoms with Crippen LogP contribution >= 0.6 is 0 Å². The first-order valence-electron chi connectivity index (χ1n) is 8.43. The van der Waals surface area contributed by atoms with Gasteiger partial charge in [0.05, 0.1) is 7.11 Å². The molecule has 3 heterocycles. The molecule has 1 unspecified atom stereocenters. The summed E-state index contributed by atoms with van der Waals surface area (Å²) in [6, 6.07) is 10.7. The molecule has 1 N–H and O–H groups in total. The number of nitro groups is 1. The summed E-state index contributed by atoms with van der Waals surface area (Å²) < 4.78 is 8.33. The van der Waals surface area contributed by atoms with E-state index in [1.807, 2.05) is 42.1 Å². The summed E-state index contributed by atoms with van der Waals surface area (Å²) in [6.07, 6.45) is 4.75. The fourth-order valence-electron chi connectivity index (χ4n) is 2.96. The largest absolute Gasteiger partial charge is 0.497 e. The number of aromatic nitrogens is 5. The molecular weight excluding hydrogens is 362 g/mol. The van der Waals surface area contributed by atoms with E-state index in [1.54, 1.807) is 25.4 Å². The van der Waals surface area contributed by atoms with Crippen LogP contribution in [0.3, 0.4) is 0 Å². The van der Waals surface area contributed by atoms with E-state index < -0.39 is 4.92 Å². The fraction of sp³-hybridized carbons (Fsp3) is 0.167. The van der Waals surface area contributed by atoms with Crippen molar-refractivity contribution in [2.24, 2.45) is 7.05 Å². The second-order valence-electron chi connectivity index (χ2n) is 6.11. The number of hydrogen-bond acceptors (Lipinski definition) is 7. The lowest BCUT2D eigenvalue weighted by Crippen LogP contribution is -2.18. The number of nitrogens with zero attached hydrogens (tertiary/aromatic N) is 6. The molecule has 1 aromatic carbocycles. The molecule has 0 saturated heterocycles. The van der Waals surface area contributed by atoms with E-state index in [9.17, 15) is 10.1 Å². The second kappa shape index (κ2) is 6.99. The minimum absolute atomic E-state index is 0.198. The quantitative estimate of drug-likeness (QED) is 0.405. The Morgan fingerprint density at radius 1 is 1.18 bits per heavy atom. The molecule has 4 aromatic rings. The molecule has 3 aromatic heterocycles. The summed E-state index contributed by atoms with van der Waals surface area (Å²) in [5, 5.41) is 18.8. The Balaban J connectivity index is 1.75. The molecular formula is C18H17N7O3. The van der Waals surface area contributed by atoms with Gasteiger partial charge >= 0.3 is 5.82 Å². The molecule has 28 heavy (non-hydrogen) atoms. The maximum Gasteiger partial charge on any atom is 0.368 e.